The van der Waals surface area contributed by atoms with Gasteiger partial charge in [0.15, 0.2) is 17.2 Å². The van der Waals surface area contributed by atoms with Crippen LogP contribution in [0.1, 0.15) is 41.6 Å². The number of carbonyl (C=O) groups is 2. The standard InChI is InChI=1S/C18H22N4O6/c1-4-26-13-9-11(10-14(27-5-2)16(13)28-6-3)17(24)21-22-18(25)12-7-8-15(23)20-19-12/h7-10H,4-6H2,1-3H3,(H,20,23)(H,21,24)(H,22,25). The Kier molecular flexibility index (Phi) is 7.37. The van der Waals surface area contributed by atoms with E-state index in [1.165, 1.54) is 18.2 Å². The molecule has 0 bridgehead atoms. The molecular weight excluding hydrogens is 368 g/mol. The van der Waals surface area contributed by atoms with Crippen molar-refractivity contribution in [3.8, 4) is 17.2 Å². The van der Waals surface area contributed by atoms with Crippen LogP contribution in [-0.2, 0) is 0 Å². The Hall–Kier alpha value is -3.56. The van der Waals surface area contributed by atoms with E-state index in [1.54, 1.807) is 13.8 Å². The zero-order chi connectivity index (χ0) is 20.5. The number of hydrazine groups is 1. The zero-order valence-corrected chi connectivity index (χ0v) is 15.8. The van der Waals surface area contributed by atoms with Crippen molar-refractivity contribution in [2.24, 2.45) is 0 Å². The summed E-state index contributed by atoms with van der Waals surface area (Å²) < 4.78 is 16.7. The maximum absolute atomic E-state index is 12.5. The summed E-state index contributed by atoms with van der Waals surface area (Å²) in [6.45, 7) is 6.57. The van der Waals surface area contributed by atoms with Gasteiger partial charge in [0.2, 0.25) is 5.75 Å². The molecule has 0 atom stereocenters. The van der Waals surface area contributed by atoms with Crippen molar-refractivity contribution in [1.82, 2.24) is 21.0 Å². The number of nitrogens with zero attached hydrogens (tertiary/aromatic N) is 1. The number of nitrogens with one attached hydrogen (secondary N) is 3. The monoisotopic (exact) mass is 390 g/mol. The van der Waals surface area contributed by atoms with E-state index in [-0.39, 0.29) is 11.3 Å². The highest BCUT2D eigenvalue weighted by atomic mass is 16.5. The van der Waals surface area contributed by atoms with Gasteiger partial charge >= 0.3 is 0 Å². The number of aromatic amines is 1. The molecule has 0 spiro atoms. The predicted molar refractivity (Wildman–Crippen MR) is 99.7 cm³/mol. The zero-order valence-electron chi connectivity index (χ0n) is 15.8. The molecule has 1 aromatic carbocycles. The maximum atomic E-state index is 12.5. The van der Waals surface area contributed by atoms with E-state index >= 15 is 0 Å². The summed E-state index contributed by atoms with van der Waals surface area (Å²) in [5.41, 5.74) is 4.20. The minimum Gasteiger partial charge on any atom is -0.490 e. The molecule has 0 aliphatic carbocycles. The molecule has 2 aromatic rings. The molecule has 1 aromatic heterocycles. The average molecular weight is 390 g/mol. The number of ether oxygens (including phenoxy) is 3. The average Bonchev–Trinajstić information content (AvgIpc) is 2.69. The fourth-order valence-corrected chi connectivity index (χ4v) is 2.24. The number of hydrogen-bond acceptors (Lipinski definition) is 7. The van der Waals surface area contributed by atoms with Crippen LogP contribution in [0.2, 0.25) is 0 Å². The predicted octanol–water partition coefficient (Wildman–Crippen LogP) is 1.04. The van der Waals surface area contributed by atoms with Crippen molar-refractivity contribution in [2.75, 3.05) is 19.8 Å². The van der Waals surface area contributed by atoms with Crippen molar-refractivity contribution in [3.63, 3.8) is 0 Å². The summed E-state index contributed by atoms with van der Waals surface area (Å²) in [5.74, 6) is -0.166. The van der Waals surface area contributed by atoms with E-state index in [2.05, 4.69) is 21.0 Å². The van der Waals surface area contributed by atoms with E-state index in [0.29, 0.717) is 37.1 Å². The van der Waals surface area contributed by atoms with Gasteiger partial charge in [-0.1, -0.05) is 0 Å². The van der Waals surface area contributed by atoms with Gasteiger partial charge in [0, 0.05) is 11.6 Å². The number of rotatable bonds is 8. The van der Waals surface area contributed by atoms with Crippen LogP contribution >= 0.6 is 0 Å². The molecule has 10 heteroatoms. The third-order valence-electron chi connectivity index (χ3n) is 3.37. The van der Waals surface area contributed by atoms with Crippen LogP contribution in [0.5, 0.6) is 17.2 Å². The van der Waals surface area contributed by atoms with Crippen molar-refractivity contribution < 1.29 is 23.8 Å². The van der Waals surface area contributed by atoms with Gasteiger partial charge in [0.1, 0.15) is 0 Å². The van der Waals surface area contributed by atoms with Crippen molar-refractivity contribution >= 4 is 11.8 Å². The molecule has 0 aliphatic rings. The van der Waals surface area contributed by atoms with Crippen molar-refractivity contribution in [2.45, 2.75) is 20.8 Å². The van der Waals surface area contributed by atoms with E-state index in [1.807, 2.05) is 6.92 Å². The first-order valence-electron chi connectivity index (χ1n) is 8.72. The van der Waals surface area contributed by atoms with Crippen LogP contribution < -0.4 is 30.6 Å². The third kappa shape index (κ3) is 5.22. The fraction of sp³-hybridized carbons (Fsp3) is 0.333. The Bertz CT molecular complexity index is 848. The Labute approximate surface area is 161 Å². The summed E-state index contributed by atoms with van der Waals surface area (Å²) in [4.78, 5) is 35.4. The van der Waals surface area contributed by atoms with Gasteiger partial charge in [-0.2, -0.15) is 5.10 Å². The van der Waals surface area contributed by atoms with E-state index in [0.717, 1.165) is 6.07 Å². The first-order valence-corrected chi connectivity index (χ1v) is 8.72. The number of amides is 2. The summed E-state index contributed by atoms with van der Waals surface area (Å²) in [6.07, 6.45) is 0. The Morgan fingerprint density at radius 3 is 2.00 bits per heavy atom. The summed E-state index contributed by atoms with van der Waals surface area (Å²) in [6, 6.07) is 5.38. The lowest BCUT2D eigenvalue weighted by molar-refractivity contribution is 0.0843. The lowest BCUT2D eigenvalue weighted by Crippen LogP contribution is -2.42. The summed E-state index contributed by atoms with van der Waals surface area (Å²) >= 11 is 0. The lowest BCUT2D eigenvalue weighted by Gasteiger charge is -2.17. The highest BCUT2D eigenvalue weighted by molar-refractivity contribution is 5.99. The quantitative estimate of drug-likeness (QED) is 0.574. The molecule has 28 heavy (non-hydrogen) atoms. The maximum Gasteiger partial charge on any atom is 0.290 e. The molecule has 10 nitrogen and oxygen atoms in total. The highest BCUT2D eigenvalue weighted by Gasteiger charge is 2.19. The largest absolute Gasteiger partial charge is 0.490 e. The van der Waals surface area contributed by atoms with Crippen LogP contribution in [0, 0.1) is 0 Å². The molecule has 2 rings (SSSR count). The second-order valence-corrected chi connectivity index (χ2v) is 5.32. The second kappa shape index (κ2) is 9.95. The molecule has 0 saturated carbocycles. The van der Waals surface area contributed by atoms with Gasteiger partial charge in [0.25, 0.3) is 17.4 Å². The minimum atomic E-state index is -0.689. The number of H-pyrrole nitrogens is 1. The molecule has 3 N–H and O–H groups in total. The van der Waals surface area contributed by atoms with Crippen LogP contribution in [0.25, 0.3) is 0 Å². The lowest BCUT2D eigenvalue weighted by atomic mass is 10.1. The molecule has 0 radical (unpaired) electrons. The molecule has 1 heterocycles. The van der Waals surface area contributed by atoms with Gasteiger partial charge in [-0.15, -0.1) is 0 Å². The Morgan fingerprint density at radius 2 is 1.50 bits per heavy atom. The van der Waals surface area contributed by atoms with Gasteiger partial charge in [-0.25, -0.2) is 5.10 Å². The number of aromatic nitrogens is 2. The van der Waals surface area contributed by atoms with Crippen LogP contribution in [-0.4, -0.2) is 41.8 Å². The van der Waals surface area contributed by atoms with E-state index in [9.17, 15) is 14.4 Å². The molecule has 0 fully saturated rings. The number of benzene rings is 1. The van der Waals surface area contributed by atoms with Crippen LogP contribution in [0.4, 0.5) is 0 Å². The minimum absolute atomic E-state index is 0.0587. The first kappa shape index (κ1) is 20.7. The summed E-state index contributed by atoms with van der Waals surface area (Å²) in [5, 5.41) is 5.72. The third-order valence-corrected chi connectivity index (χ3v) is 3.37. The smallest absolute Gasteiger partial charge is 0.290 e. The SMILES string of the molecule is CCOc1cc(C(=O)NNC(=O)c2ccc(=O)[nH]n2)cc(OCC)c1OCC. The Balaban J connectivity index is 2.20. The fourth-order valence-electron chi connectivity index (χ4n) is 2.24. The van der Waals surface area contributed by atoms with Gasteiger partial charge in [-0.05, 0) is 39.0 Å². The van der Waals surface area contributed by atoms with Crippen LogP contribution in [0.15, 0.2) is 29.1 Å². The topological polar surface area (TPSA) is 132 Å². The van der Waals surface area contributed by atoms with Crippen molar-refractivity contribution in [1.29, 1.82) is 0 Å². The molecule has 0 saturated heterocycles. The Morgan fingerprint density at radius 1 is 0.929 bits per heavy atom. The molecule has 0 unspecified atom stereocenters. The summed E-state index contributed by atoms with van der Waals surface area (Å²) in [7, 11) is 0. The van der Waals surface area contributed by atoms with Gasteiger partial charge < -0.3 is 14.2 Å². The molecule has 0 aliphatic heterocycles. The van der Waals surface area contributed by atoms with E-state index < -0.39 is 17.4 Å². The van der Waals surface area contributed by atoms with Crippen molar-refractivity contribution in [3.05, 3.63) is 45.9 Å². The molecular formula is C18H22N4O6. The van der Waals surface area contributed by atoms with Crippen LogP contribution in [0.3, 0.4) is 0 Å². The first-order chi connectivity index (χ1) is 13.5. The van der Waals surface area contributed by atoms with E-state index in [4.69, 9.17) is 14.2 Å². The second-order valence-electron chi connectivity index (χ2n) is 5.32. The highest BCUT2D eigenvalue weighted by Crippen LogP contribution is 2.39. The number of hydrogen-bond donors (Lipinski definition) is 3. The van der Waals surface area contributed by atoms with Gasteiger partial charge in [0.05, 0.1) is 19.8 Å². The number of carbonyl (C=O) groups excluding carboxylic acids is 2. The molecule has 2 amide bonds. The van der Waals surface area contributed by atoms with Gasteiger partial charge in [-0.3, -0.25) is 25.2 Å². The normalized spacial score (nSPS) is 10.1. The molecule has 150 valence electrons.